The molecule has 1 aliphatic heterocycles. The molecule has 1 heterocycles. The second kappa shape index (κ2) is 5.65. The fraction of sp³-hybridized carbons (Fsp3) is 0.769. The molecule has 0 saturated carbocycles. The molecule has 0 amide bonds. The highest BCUT2D eigenvalue weighted by Crippen LogP contribution is 2.26. The molecule has 1 saturated heterocycles. The maximum atomic E-state index is 11.3. The van der Waals surface area contributed by atoms with Gasteiger partial charge in [0, 0.05) is 12.0 Å². The maximum Gasteiger partial charge on any atom is 0.333 e. The van der Waals surface area contributed by atoms with E-state index >= 15 is 0 Å². The van der Waals surface area contributed by atoms with Crippen LogP contribution in [0.5, 0.6) is 0 Å². The average molecular weight is 242 g/mol. The largest absolute Gasteiger partial charge is 0.454 e. The van der Waals surface area contributed by atoms with Gasteiger partial charge in [-0.1, -0.05) is 20.4 Å². The summed E-state index contributed by atoms with van der Waals surface area (Å²) in [5.74, 6) is -0.454. The van der Waals surface area contributed by atoms with Crippen LogP contribution in [0.2, 0.25) is 0 Å². The molecule has 4 heteroatoms. The van der Waals surface area contributed by atoms with Gasteiger partial charge in [0.05, 0.1) is 13.2 Å². The van der Waals surface area contributed by atoms with Crippen molar-refractivity contribution in [3.63, 3.8) is 0 Å². The topological polar surface area (TPSA) is 44.8 Å². The van der Waals surface area contributed by atoms with E-state index < -0.39 is 11.8 Å². The van der Waals surface area contributed by atoms with Crippen molar-refractivity contribution in [1.29, 1.82) is 0 Å². The van der Waals surface area contributed by atoms with Gasteiger partial charge in [-0.15, -0.1) is 0 Å². The Morgan fingerprint density at radius 1 is 1.47 bits per heavy atom. The predicted molar refractivity (Wildman–Crippen MR) is 64.5 cm³/mol. The van der Waals surface area contributed by atoms with Crippen LogP contribution in [0.1, 0.15) is 34.1 Å². The third-order valence-electron chi connectivity index (χ3n) is 2.55. The SMILES string of the molecule is C=C(C)C(=O)OC1COC(C)(CC(C)C)OC1. The molecule has 0 aromatic rings. The van der Waals surface area contributed by atoms with Gasteiger partial charge in [-0.3, -0.25) is 0 Å². The van der Waals surface area contributed by atoms with E-state index in [1.807, 2.05) is 6.92 Å². The zero-order valence-corrected chi connectivity index (χ0v) is 11.1. The number of rotatable bonds is 4. The van der Waals surface area contributed by atoms with Crippen LogP contribution in [0.4, 0.5) is 0 Å². The Labute approximate surface area is 103 Å². The zero-order valence-electron chi connectivity index (χ0n) is 11.1. The van der Waals surface area contributed by atoms with Crippen LogP contribution in [0.3, 0.4) is 0 Å². The van der Waals surface area contributed by atoms with Crippen LogP contribution in [0, 0.1) is 5.92 Å². The van der Waals surface area contributed by atoms with Crippen molar-refractivity contribution in [3.8, 4) is 0 Å². The smallest absolute Gasteiger partial charge is 0.333 e. The molecule has 1 rings (SSSR count). The second-order valence-corrected chi connectivity index (χ2v) is 5.16. The van der Waals surface area contributed by atoms with Crippen molar-refractivity contribution in [2.45, 2.75) is 46.0 Å². The predicted octanol–water partition coefficient (Wildman–Crippen LogP) is 2.28. The maximum absolute atomic E-state index is 11.3. The van der Waals surface area contributed by atoms with E-state index in [0.29, 0.717) is 24.7 Å². The highest BCUT2D eigenvalue weighted by Gasteiger charge is 2.35. The Morgan fingerprint density at radius 3 is 2.41 bits per heavy atom. The monoisotopic (exact) mass is 242 g/mol. The first-order chi connectivity index (χ1) is 7.82. The van der Waals surface area contributed by atoms with E-state index in [-0.39, 0.29) is 6.10 Å². The van der Waals surface area contributed by atoms with Crippen LogP contribution in [0.25, 0.3) is 0 Å². The molecule has 98 valence electrons. The molecule has 0 atom stereocenters. The van der Waals surface area contributed by atoms with Crippen LogP contribution in [-0.2, 0) is 19.0 Å². The minimum Gasteiger partial charge on any atom is -0.454 e. The van der Waals surface area contributed by atoms with Gasteiger partial charge in [-0.25, -0.2) is 4.79 Å². The summed E-state index contributed by atoms with van der Waals surface area (Å²) in [6, 6.07) is 0. The second-order valence-electron chi connectivity index (χ2n) is 5.16. The van der Waals surface area contributed by atoms with Crippen molar-refractivity contribution in [1.82, 2.24) is 0 Å². The Balaban J connectivity index is 2.40. The highest BCUT2D eigenvalue weighted by molar-refractivity contribution is 5.87. The molecular weight excluding hydrogens is 220 g/mol. The summed E-state index contributed by atoms with van der Waals surface area (Å²) in [4.78, 5) is 11.3. The standard InChI is InChI=1S/C13H22O4/c1-9(2)6-13(5)15-7-11(8-16-13)17-12(14)10(3)4/h9,11H,3,6-8H2,1-2,4-5H3. The van der Waals surface area contributed by atoms with Crippen LogP contribution in [-0.4, -0.2) is 31.1 Å². The first-order valence-corrected chi connectivity index (χ1v) is 5.97. The zero-order chi connectivity index (χ0) is 13.1. The van der Waals surface area contributed by atoms with Crippen LogP contribution >= 0.6 is 0 Å². The summed E-state index contributed by atoms with van der Waals surface area (Å²) in [6.45, 7) is 12.1. The molecule has 1 aliphatic rings. The molecule has 17 heavy (non-hydrogen) atoms. The van der Waals surface area contributed by atoms with E-state index in [4.69, 9.17) is 14.2 Å². The van der Waals surface area contributed by atoms with Crippen molar-refractivity contribution in [3.05, 3.63) is 12.2 Å². The number of carbonyl (C=O) groups is 1. The Bertz CT molecular complexity index is 288. The molecule has 0 radical (unpaired) electrons. The lowest BCUT2D eigenvalue weighted by Gasteiger charge is -2.38. The van der Waals surface area contributed by atoms with E-state index in [2.05, 4.69) is 20.4 Å². The van der Waals surface area contributed by atoms with E-state index in [9.17, 15) is 4.79 Å². The molecular formula is C13H22O4. The summed E-state index contributed by atoms with van der Waals surface area (Å²) in [5, 5.41) is 0. The van der Waals surface area contributed by atoms with Gasteiger partial charge >= 0.3 is 5.97 Å². The van der Waals surface area contributed by atoms with Crippen LogP contribution < -0.4 is 0 Å². The van der Waals surface area contributed by atoms with Gasteiger partial charge in [0.15, 0.2) is 5.79 Å². The molecule has 0 aromatic carbocycles. The molecule has 0 aromatic heterocycles. The summed E-state index contributed by atoms with van der Waals surface area (Å²) >= 11 is 0. The Hall–Kier alpha value is -0.870. The molecule has 0 bridgehead atoms. The Morgan fingerprint density at radius 2 is 2.00 bits per heavy atom. The molecule has 1 fully saturated rings. The van der Waals surface area contributed by atoms with Gasteiger partial charge in [0.2, 0.25) is 0 Å². The molecule has 4 nitrogen and oxygen atoms in total. The van der Waals surface area contributed by atoms with Crippen LogP contribution in [0.15, 0.2) is 12.2 Å². The van der Waals surface area contributed by atoms with Gasteiger partial charge in [0.25, 0.3) is 0 Å². The number of hydrogen-bond acceptors (Lipinski definition) is 4. The third kappa shape index (κ3) is 4.48. The van der Waals surface area contributed by atoms with Gasteiger partial charge in [-0.05, 0) is 19.8 Å². The van der Waals surface area contributed by atoms with E-state index in [1.54, 1.807) is 6.92 Å². The molecule has 0 unspecified atom stereocenters. The Kier molecular flexibility index (Phi) is 4.71. The number of hydrogen-bond donors (Lipinski definition) is 0. The average Bonchev–Trinajstić information content (AvgIpc) is 2.20. The highest BCUT2D eigenvalue weighted by atomic mass is 16.7. The first-order valence-electron chi connectivity index (χ1n) is 5.97. The minimum absolute atomic E-state index is 0.334. The molecule has 0 N–H and O–H groups in total. The van der Waals surface area contributed by atoms with Gasteiger partial charge in [0.1, 0.15) is 6.10 Å². The van der Waals surface area contributed by atoms with Crippen molar-refractivity contribution in [2.75, 3.05) is 13.2 Å². The van der Waals surface area contributed by atoms with Gasteiger partial charge in [-0.2, -0.15) is 0 Å². The van der Waals surface area contributed by atoms with Crippen molar-refractivity contribution in [2.24, 2.45) is 5.92 Å². The van der Waals surface area contributed by atoms with E-state index in [1.165, 1.54) is 0 Å². The van der Waals surface area contributed by atoms with E-state index in [0.717, 1.165) is 6.42 Å². The third-order valence-corrected chi connectivity index (χ3v) is 2.55. The lowest BCUT2D eigenvalue weighted by molar-refractivity contribution is -0.290. The molecule has 0 aliphatic carbocycles. The van der Waals surface area contributed by atoms with Crippen molar-refractivity contribution >= 4 is 5.97 Å². The quantitative estimate of drug-likeness (QED) is 0.560. The summed E-state index contributed by atoms with van der Waals surface area (Å²) < 4.78 is 16.4. The number of ether oxygens (including phenoxy) is 3. The number of esters is 1. The summed E-state index contributed by atoms with van der Waals surface area (Å²) in [6.07, 6.45) is 0.494. The fourth-order valence-electron chi connectivity index (χ4n) is 1.81. The normalized spacial score (nSPS) is 29.1. The fourth-order valence-corrected chi connectivity index (χ4v) is 1.81. The number of carbonyl (C=O) groups excluding carboxylic acids is 1. The summed E-state index contributed by atoms with van der Waals surface area (Å²) in [7, 11) is 0. The first kappa shape index (κ1) is 14.2. The molecule has 0 spiro atoms. The van der Waals surface area contributed by atoms with Gasteiger partial charge < -0.3 is 14.2 Å². The summed E-state index contributed by atoms with van der Waals surface area (Å²) in [5.41, 5.74) is 0.389. The van der Waals surface area contributed by atoms with Crippen molar-refractivity contribution < 1.29 is 19.0 Å². The lowest BCUT2D eigenvalue weighted by atomic mass is 10.0. The lowest BCUT2D eigenvalue weighted by Crippen LogP contribution is -2.46. The minimum atomic E-state index is -0.555.